The molecule has 1 aromatic carbocycles. The second-order valence-corrected chi connectivity index (χ2v) is 7.33. The summed E-state index contributed by atoms with van der Waals surface area (Å²) in [5, 5.41) is 3.12. The van der Waals surface area contributed by atoms with Crippen LogP contribution in [0.4, 0.5) is 0 Å². The number of amides is 1. The molecule has 3 rings (SSSR count). The van der Waals surface area contributed by atoms with E-state index in [9.17, 15) is 4.79 Å². The van der Waals surface area contributed by atoms with Crippen molar-refractivity contribution in [1.29, 1.82) is 0 Å². The standard InChI is InChI=1S/C21H28N4O/c1-4-6-19-13-25(14-20(19)24-16(3)26)12-17-10-22-21(23-11-17)18-8-5-7-15(2)9-18/h5,7-11,19-20H,4,6,12-14H2,1-3H3,(H,24,26). The van der Waals surface area contributed by atoms with Crippen LogP contribution in [0.5, 0.6) is 0 Å². The Hall–Kier alpha value is -2.27. The molecule has 2 atom stereocenters. The molecule has 2 heterocycles. The summed E-state index contributed by atoms with van der Waals surface area (Å²) in [4.78, 5) is 23.0. The summed E-state index contributed by atoms with van der Waals surface area (Å²) in [5.74, 6) is 1.35. The lowest BCUT2D eigenvalue weighted by Crippen LogP contribution is -2.39. The fourth-order valence-corrected chi connectivity index (χ4v) is 3.81. The van der Waals surface area contributed by atoms with E-state index >= 15 is 0 Å². The van der Waals surface area contributed by atoms with Gasteiger partial charge < -0.3 is 5.32 Å². The van der Waals surface area contributed by atoms with Crippen LogP contribution < -0.4 is 5.32 Å². The van der Waals surface area contributed by atoms with Crippen molar-refractivity contribution in [3.05, 3.63) is 47.8 Å². The minimum absolute atomic E-state index is 0.0591. The zero-order valence-corrected chi connectivity index (χ0v) is 15.9. The third-order valence-electron chi connectivity index (χ3n) is 4.95. The van der Waals surface area contributed by atoms with E-state index in [1.54, 1.807) is 6.92 Å². The lowest BCUT2D eigenvalue weighted by molar-refractivity contribution is -0.119. The van der Waals surface area contributed by atoms with Crippen LogP contribution >= 0.6 is 0 Å². The van der Waals surface area contributed by atoms with Gasteiger partial charge in [0.25, 0.3) is 0 Å². The van der Waals surface area contributed by atoms with E-state index in [4.69, 9.17) is 0 Å². The highest BCUT2D eigenvalue weighted by Crippen LogP contribution is 2.23. The van der Waals surface area contributed by atoms with Gasteiger partial charge in [0.15, 0.2) is 5.82 Å². The van der Waals surface area contributed by atoms with Crippen molar-refractivity contribution in [1.82, 2.24) is 20.2 Å². The second-order valence-electron chi connectivity index (χ2n) is 7.33. The summed E-state index contributed by atoms with van der Waals surface area (Å²) in [6.45, 7) is 8.60. The Bertz CT molecular complexity index is 744. The third kappa shape index (κ3) is 4.67. The molecule has 1 fully saturated rings. The maximum Gasteiger partial charge on any atom is 0.217 e. The molecule has 1 saturated heterocycles. The van der Waals surface area contributed by atoms with Crippen molar-refractivity contribution in [2.75, 3.05) is 13.1 Å². The number of nitrogens with one attached hydrogen (secondary N) is 1. The third-order valence-corrected chi connectivity index (χ3v) is 4.95. The van der Waals surface area contributed by atoms with Crippen LogP contribution in [-0.2, 0) is 11.3 Å². The molecule has 1 aromatic heterocycles. The van der Waals surface area contributed by atoms with Gasteiger partial charge in [-0.05, 0) is 25.3 Å². The monoisotopic (exact) mass is 352 g/mol. The molecule has 0 bridgehead atoms. The Kier molecular flexibility index (Phi) is 5.99. The van der Waals surface area contributed by atoms with Crippen LogP contribution in [0, 0.1) is 12.8 Å². The molecule has 1 aliphatic rings. The van der Waals surface area contributed by atoms with Gasteiger partial charge in [0.05, 0.1) is 0 Å². The first-order valence-electron chi connectivity index (χ1n) is 9.42. The Morgan fingerprint density at radius 1 is 1.27 bits per heavy atom. The van der Waals surface area contributed by atoms with Crippen LogP contribution in [0.3, 0.4) is 0 Å². The van der Waals surface area contributed by atoms with Crippen molar-refractivity contribution in [2.45, 2.75) is 46.2 Å². The molecule has 138 valence electrons. The molecule has 1 amide bonds. The maximum absolute atomic E-state index is 11.5. The lowest BCUT2D eigenvalue weighted by atomic mass is 9.98. The Labute approximate surface area is 155 Å². The number of rotatable bonds is 6. The largest absolute Gasteiger partial charge is 0.352 e. The summed E-state index contributed by atoms with van der Waals surface area (Å²) < 4.78 is 0. The fourth-order valence-electron chi connectivity index (χ4n) is 3.81. The maximum atomic E-state index is 11.5. The smallest absolute Gasteiger partial charge is 0.217 e. The molecule has 2 unspecified atom stereocenters. The molecule has 0 aliphatic carbocycles. The summed E-state index contributed by atoms with van der Waals surface area (Å²) in [5.41, 5.74) is 3.37. The topological polar surface area (TPSA) is 58.1 Å². The summed E-state index contributed by atoms with van der Waals surface area (Å²) >= 11 is 0. The molecule has 26 heavy (non-hydrogen) atoms. The van der Waals surface area contributed by atoms with Crippen molar-refractivity contribution in [2.24, 2.45) is 5.92 Å². The van der Waals surface area contributed by atoms with Gasteiger partial charge in [0, 0.05) is 56.1 Å². The Morgan fingerprint density at radius 2 is 2.04 bits per heavy atom. The van der Waals surface area contributed by atoms with E-state index in [0.717, 1.165) is 49.4 Å². The number of carbonyl (C=O) groups excluding carboxylic acids is 1. The molecule has 1 N–H and O–H groups in total. The van der Waals surface area contributed by atoms with Gasteiger partial charge in [0.2, 0.25) is 5.91 Å². The van der Waals surface area contributed by atoms with Gasteiger partial charge in [-0.3, -0.25) is 9.69 Å². The number of aromatic nitrogens is 2. The lowest BCUT2D eigenvalue weighted by Gasteiger charge is -2.18. The molecule has 2 aromatic rings. The van der Waals surface area contributed by atoms with E-state index in [2.05, 4.69) is 46.2 Å². The number of aryl methyl sites for hydroxylation is 1. The minimum Gasteiger partial charge on any atom is -0.352 e. The highest BCUT2D eigenvalue weighted by molar-refractivity contribution is 5.73. The summed E-state index contributed by atoms with van der Waals surface area (Å²) in [6, 6.07) is 8.49. The van der Waals surface area contributed by atoms with E-state index < -0.39 is 0 Å². The molecule has 0 spiro atoms. The van der Waals surface area contributed by atoms with Gasteiger partial charge in [-0.15, -0.1) is 0 Å². The highest BCUT2D eigenvalue weighted by Gasteiger charge is 2.32. The fraction of sp³-hybridized carbons (Fsp3) is 0.476. The SMILES string of the molecule is CCCC1CN(Cc2cnc(-c3cccc(C)c3)nc2)CC1NC(C)=O. The number of hydrogen-bond donors (Lipinski definition) is 1. The van der Waals surface area contributed by atoms with Crippen LogP contribution in [-0.4, -0.2) is 39.9 Å². The van der Waals surface area contributed by atoms with E-state index in [0.29, 0.717) is 5.92 Å². The number of hydrogen-bond acceptors (Lipinski definition) is 4. The number of carbonyl (C=O) groups is 1. The van der Waals surface area contributed by atoms with Crippen molar-refractivity contribution in [3.8, 4) is 11.4 Å². The number of benzene rings is 1. The normalized spacial score (nSPS) is 20.3. The van der Waals surface area contributed by atoms with Gasteiger partial charge in [-0.1, -0.05) is 37.1 Å². The zero-order valence-electron chi connectivity index (χ0n) is 15.9. The van der Waals surface area contributed by atoms with E-state index in [1.165, 1.54) is 5.56 Å². The predicted octanol–water partition coefficient (Wildman–Crippen LogP) is 3.19. The van der Waals surface area contributed by atoms with Crippen molar-refractivity contribution < 1.29 is 4.79 Å². The molecule has 1 aliphatic heterocycles. The zero-order chi connectivity index (χ0) is 18.5. The average Bonchev–Trinajstić information content (AvgIpc) is 2.96. The van der Waals surface area contributed by atoms with Crippen molar-refractivity contribution in [3.63, 3.8) is 0 Å². The van der Waals surface area contributed by atoms with Gasteiger partial charge >= 0.3 is 0 Å². The first kappa shape index (κ1) is 18.5. The number of nitrogens with zero attached hydrogens (tertiary/aromatic N) is 3. The molecule has 0 radical (unpaired) electrons. The predicted molar refractivity (Wildman–Crippen MR) is 103 cm³/mol. The van der Waals surface area contributed by atoms with Crippen LogP contribution in [0.1, 0.15) is 37.8 Å². The van der Waals surface area contributed by atoms with E-state index in [-0.39, 0.29) is 11.9 Å². The molecule has 5 nitrogen and oxygen atoms in total. The van der Waals surface area contributed by atoms with Crippen LogP contribution in [0.25, 0.3) is 11.4 Å². The van der Waals surface area contributed by atoms with Gasteiger partial charge in [-0.2, -0.15) is 0 Å². The molecule has 0 saturated carbocycles. The first-order chi connectivity index (χ1) is 12.5. The summed E-state index contributed by atoms with van der Waals surface area (Å²) in [7, 11) is 0. The van der Waals surface area contributed by atoms with Crippen LogP contribution in [0.2, 0.25) is 0 Å². The number of likely N-dealkylation sites (tertiary alicyclic amines) is 1. The highest BCUT2D eigenvalue weighted by atomic mass is 16.1. The average molecular weight is 352 g/mol. The van der Waals surface area contributed by atoms with E-state index in [1.807, 2.05) is 24.5 Å². The van der Waals surface area contributed by atoms with Gasteiger partial charge in [0.1, 0.15) is 0 Å². The van der Waals surface area contributed by atoms with Crippen molar-refractivity contribution >= 4 is 5.91 Å². The Morgan fingerprint density at radius 3 is 2.69 bits per heavy atom. The summed E-state index contributed by atoms with van der Waals surface area (Å²) in [6.07, 6.45) is 6.13. The minimum atomic E-state index is 0.0591. The Balaban J connectivity index is 1.64. The van der Waals surface area contributed by atoms with Crippen LogP contribution in [0.15, 0.2) is 36.7 Å². The first-order valence-corrected chi connectivity index (χ1v) is 9.42. The molecule has 5 heteroatoms. The molecular weight excluding hydrogens is 324 g/mol. The van der Waals surface area contributed by atoms with Gasteiger partial charge in [-0.25, -0.2) is 9.97 Å². The molecular formula is C21H28N4O. The quantitative estimate of drug-likeness (QED) is 0.867. The second kappa shape index (κ2) is 8.41.